The average molecular weight is 355 g/mol. The SMILES string of the molecule is CCc1ccccc1C(CO)Nc1ccc(Cl)c(Br)c1. The molecule has 1 unspecified atom stereocenters. The number of aryl methyl sites for hydroxylation is 1. The molecule has 0 radical (unpaired) electrons. The zero-order valence-electron chi connectivity index (χ0n) is 11.2. The number of hydrogen-bond donors (Lipinski definition) is 2. The minimum absolute atomic E-state index is 0.0389. The molecule has 106 valence electrons. The van der Waals surface area contributed by atoms with Gasteiger partial charge in [-0.2, -0.15) is 0 Å². The Morgan fingerprint density at radius 2 is 2.00 bits per heavy atom. The van der Waals surface area contributed by atoms with E-state index >= 15 is 0 Å². The van der Waals surface area contributed by atoms with Crippen molar-refractivity contribution in [1.82, 2.24) is 0 Å². The van der Waals surface area contributed by atoms with Gasteiger partial charge in [-0.3, -0.25) is 0 Å². The summed E-state index contributed by atoms with van der Waals surface area (Å²) >= 11 is 9.40. The van der Waals surface area contributed by atoms with Crippen molar-refractivity contribution in [3.8, 4) is 0 Å². The summed E-state index contributed by atoms with van der Waals surface area (Å²) in [6, 6.07) is 13.7. The van der Waals surface area contributed by atoms with Gasteiger partial charge in [-0.25, -0.2) is 0 Å². The van der Waals surface area contributed by atoms with E-state index in [9.17, 15) is 5.11 Å². The highest BCUT2D eigenvalue weighted by Gasteiger charge is 2.13. The highest BCUT2D eigenvalue weighted by molar-refractivity contribution is 9.10. The normalized spacial score (nSPS) is 12.2. The number of anilines is 1. The average Bonchev–Trinajstić information content (AvgIpc) is 2.48. The third-order valence-corrected chi connectivity index (χ3v) is 4.47. The number of hydrogen-bond acceptors (Lipinski definition) is 2. The fraction of sp³-hybridized carbons (Fsp3) is 0.250. The minimum Gasteiger partial charge on any atom is -0.394 e. The van der Waals surface area contributed by atoms with Crippen molar-refractivity contribution < 1.29 is 5.11 Å². The maximum absolute atomic E-state index is 9.68. The molecule has 4 heteroatoms. The van der Waals surface area contributed by atoms with E-state index < -0.39 is 0 Å². The van der Waals surface area contributed by atoms with Crippen molar-refractivity contribution in [2.45, 2.75) is 19.4 Å². The lowest BCUT2D eigenvalue weighted by atomic mass is 9.99. The maximum Gasteiger partial charge on any atom is 0.0747 e. The number of halogens is 2. The van der Waals surface area contributed by atoms with Crippen molar-refractivity contribution in [1.29, 1.82) is 0 Å². The second-order valence-corrected chi connectivity index (χ2v) is 5.82. The van der Waals surface area contributed by atoms with E-state index in [0.29, 0.717) is 5.02 Å². The largest absolute Gasteiger partial charge is 0.394 e. The van der Waals surface area contributed by atoms with Crippen LogP contribution in [-0.2, 0) is 6.42 Å². The summed E-state index contributed by atoms with van der Waals surface area (Å²) in [6.07, 6.45) is 0.943. The first-order valence-corrected chi connectivity index (χ1v) is 7.73. The highest BCUT2D eigenvalue weighted by atomic mass is 79.9. The monoisotopic (exact) mass is 353 g/mol. The Labute approximate surface area is 132 Å². The van der Waals surface area contributed by atoms with Crippen LogP contribution in [0.3, 0.4) is 0 Å². The zero-order valence-corrected chi connectivity index (χ0v) is 13.6. The predicted molar refractivity (Wildman–Crippen MR) is 88.4 cm³/mol. The number of aliphatic hydroxyl groups is 1. The summed E-state index contributed by atoms with van der Waals surface area (Å²) in [5.41, 5.74) is 3.29. The summed E-state index contributed by atoms with van der Waals surface area (Å²) in [4.78, 5) is 0. The van der Waals surface area contributed by atoms with Gasteiger partial charge in [0.15, 0.2) is 0 Å². The third-order valence-electron chi connectivity index (χ3n) is 3.25. The Kier molecular flexibility index (Phi) is 5.46. The first-order chi connectivity index (χ1) is 9.65. The predicted octanol–water partition coefficient (Wildman–Crippen LogP) is 4.81. The summed E-state index contributed by atoms with van der Waals surface area (Å²) in [5.74, 6) is 0. The van der Waals surface area contributed by atoms with Gasteiger partial charge in [0.2, 0.25) is 0 Å². The van der Waals surface area contributed by atoms with Gasteiger partial charge in [-0.15, -0.1) is 0 Å². The molecule has 0 heterocycles. The van der Waals surface area contributed by atoms with E-state index in [1.54, 1.807) is 0 Å². The van der Waals surface area contributed by atoms with Gasteiger partial charge in [0.05, 0.1) is 17.7 Å². The van der Waals surface area contributed by atoms with Crippen LogP contribution in [0.15, 0.2) is 46.9 Å². The molecule has 2 aromatic rings. The maximum atomic E-state index is 9.68. The van der Waals surface area contributed by atoms with Crippen molar-refractivity contribution >= 4 is 33.2 Å². The van der Waals surface area contributed by atoms with Crippen molar-refractivity contribution in [2.75, 3.05) is 11.9 Å². The molecule has 2 rings (SSSR count). The summed E-state index contributed by atoms with van der Waals surface area (Å²) in [7, 11) is 0. The van der Waals surface area contributed by atoms with Crippen LogP contribution in [0.2, 0.25) is 5.02 Å². The molecular weight excluding hydrogens is 338 g/mol. The topological polar surface area (TPSA) is 32.3 Å². The zero-order chi connectivity index (χ0) is 14.5. The molecule has 1 atom stereocenters. The molecule has 0 aliphatic rings. The van der Waals surface area contributed by atoms with Crippen LogP contribution in [0.25, 0.3) is 0 Å². The lowest BCUT2D eigenvalue weighted by Crippen LogP contribution is -2.16. The minimum atomic E-state index is -0.126. The van der Waals surface area contributed by atoms with Crippen molar-refractivity contribution in [3.05, 3.63) is 63.1 Å². The summed E-state index contributed by atoms with van der Waals surface area (Å²) < 4.78 is 0.838. The van der Waals surface area contributed by atoms with Gasteiger partial charge in [0, 0.05) is 10.2 Å². The number of rotatable bonds is 5. The van der Waals surface area contributed by atoms with Crippen molar-refractivity contribution in [3.63, 3.8) is 0 Å². The first-order valence-electron chi connectivity index (χ1n) is 6.56. The third kappa shape index (κ3) is 3.54. The molecule has 0 saturated heterocycles. The van der Waals surface area contributed by atoms with E-state index in [2.05, 4.69) is 40.3 Å². The Morgan fingerprint density at radius 3 is 2.65 bits per heavy atom. The Hall–Kier alpha value is -1.03. The van der Waals surface area contributed by atoms with Crippen LogP contribution in [0.5, 0.6) is 0 Å². The molecule has 2 nitrogen and oxygen atoms in total. The van der Waals surface area contributed by atoms with Crippen molar-refractivity contribution in [2.24, 2.45) is 0 Å². The molecule has 0 spiro atoms. The van der Waals surface area contributed by atoms with Crippen LogP contribution in [0.4, 0.5) is 5.69 Å². The molecule has 20 heavy (non-hydrogen) atoms. The van der Waals surface area contributed by atoms with E-state index in [0.717, 1.165) is 22.1 Å². The molecule has 0 amide bonds. The van der Waals surface area contributed by atoms with Crippen LogP contribution in [0.1, 0.15) is 24.1 Å². The summed E-state index contributed by atoms with van der Waals surface area (Å²) in [5, 5.41) is 13.7. The lowest BCUT2D eigenvalue weighted by molar-refractivity contribution is 0.276. The van der Waals surface area contributed by atoms with E-state index in [1.807, 2.05) is 30.3 Å². The van der Waals surface area contributed by atoms with Crippen LogP contribution >= 0.6 is 27.5 Å². The molecule has 0 aromatic heterocycles. The molecule has 0 fully saturated rings. The molecular formula is C16H17BrClNO. The number of benzene rings is 2. The Bertz CT molecular complexity index is 588. The highest BCUT2D eigenvalue weighted by Crippen LogP contribution is 2.28. The smallest absolute Gasteiger partial charge is 0.0747 e. The van der Waals surface area contributed by atoms with Crippen LogP contribution in [-0.4, -0.2) is 11.7 Å². The molecule has 2 aromatic carbocycles. The molecule has 0 saturated carbocycles. The van der Waals surface area contributed by atoms with E-state index in [-0.39, 0.29) is 12.6 Å². The first kappa shape index (κ1) is 15.4. The quantitative estimate of drug-likeness (QED) is 0.807. The molecule has 0 aliphatic carbocycles. The Balaban J connectivity index is 2.26. The van der Waals surface area contributed by atoms with Gasteiger partial charge in [-0.1, -0.05) is 42.8 Å². The van der Waals surface area contributed by atoms with Crippen LogP contribution < -0.4 is 5.32 Å². The molecule has 2 N–H and O–H groups in total. The van der Waals surface area contributed by atoms with E-state index in [1.165, 1.54) is 5.56 Å². The van der Waals surface area contributed by atoms with Gasteiger partial charge in [-0.05, 0) is 51.7 Å². The number of aliphatic hydroxyl groups excluding tert-OH is 1. The fourth-order valence-electron chi connectivity index (χ4n) is 2.20. The summed E-state index contributed by atoms with van der Waals surface area (Å²) in [6.45, 7) is 2.16. The van der Waals surface area contributed by atoms with Gasteiger partial charge in [0.25, 0.3) is 0 Å². The van der Waals surface area contributed by atoms with Gasteiger partial charge in [0.1, 0.15) is 0 Å². The fourth-order valence-corrected chi connectivity index (χ4v) is 2.70. The second-order valence-electron chi connectivity index (χ2n) is 4.56. The van der Waals surface area contributed by atoms with Crippen LogP contribution in [0, 0.1) is 0 Å². The standard InChI is InChI=1S/C16H17BrClNO/c1-2-11-5-3-4-6-13(11)16(10-20)19-12-7-8-15(18)14(17)9-12/h3-9,16,19-20H,2,10H2,1H3. The number of nitrogens with one attached hydrogen (secondary N) is 1. The Morgan fingerprint density at radius 1 is 1.25 bits per heavy atom. The molecule has 0 bridgehead atoms. The second kappa shape index (κ2) is 7.11. The molecule has 0 aliphatic heterocycles. The van der Waals surface area contributed by atoms with Gasteiger partial charge < -0.3 is 10.4 Å². The lowest BCUT2D eigenvalue weighted by Gasteiger charge is -2.21. The van der Waals surface area contributed by atoms with E-state index in [4.69, 9.17) is 11.6 Å². The van der Waals surface area contributed by atoms with Gasteiger partial charge >= 0.3 is 0 Å².